The highest BCUT2D eigenvalue weighted by atomic mass is 16.5. The fourth-order valence-corrected chi connectivity index (χ4v) is 0.859. The van der Waals surface area contributed by atoms with Crippen LogP contribution in [0.25, 0.3) is 0 Å². The molecule has 1 aromatic rings. The number of para-hydroxylation sites is 1. The number of hydrogen-bond donors (Lipinski definition) is 1. The van der Waals surface area contributed by atoms with Crippen molar-refractivity contribution >= 4 is 11.8 Å². The Morgan fingerprint density at radius 1 is 1.58 bits per heavy atom. The molecule has 12 heavy (non-hydrogen) atoms. The van der Waals surface area contributed by atoms with Gasteiger partial charge in [0.2, 0.25) is 6.08 Å². The average molecular weight is 165 g/mol. The summed E-state index contributed by atoms with van der Waals surface area (Å²) in [6, 6.07) is 4.56. The van der Waals surface area contributed by atoms with Crippen LogP contribution in [-0.4, -0.2) is 18.3 Å². The van der Waals surface area contributed by atoms with Crippen molar-refractivity contribution in [2.75, 3.05) is 7.11 Å². The summed E-state index contributed by atoms with van der Waals surface area (Å²) in [7, 11) is 1.39. The molecule has 4 nitrogen and oxygen atoms in total. The summed E-state index contributed by atoms with van der Waals surface area (Å²) in [6.07, 6.45) is 1.37. The van der Waals surface area contributed by atoms with Gasteiger partial charge in [0.15, 0.2) is 11.5 Å². The summed E-state index contributed by atoms with van der Waals surface area (Å²) >= 11 is 0. The Kier molecular flexibility index (Phi) is 2.46. The van der Waals surface area contributed by atoms with Crippen LogP contribution in [0.15, 0.2) is 23.2 Å². The van der Waals surface area contributed by atoms with E-state index in [1.54, 1.807) is 12.1 Å². The van der Waals surface area contributed by atoms with Crippen LogP contribution < -0.4 is 4.74 Å². The molecule has 1 aromatic carbocycles. The number of carbonyl (C=O) groups excluding carboxylic acids is 1. The molecule has 62 valence electrons. The second-order valence-corrected chi connectivity index (χ2v) is 2.03. The van der Waals surface area contributed by atoms with Crippen LogP contribution in [-0.2, 0) is 4.79 Å². The number of ether oxygens (including phenoxy) is 1. The highest BCUT2D eigenvalue weighted by Crippen LogP contribution is 2.35. The first-order valence-corrected chi connectivity index (χ1v) is 3.23. The molecule has 0 amide bonds. The van der Waals surface area contributed by atoms with Crippen molar-refractivity contribution in [1.29, 1.82) is 0 Å². The van der Waals surface area contributed by atoms with Gasteiger partial charge in [0.25, 0.3) is 0 Å². The number of hydrogen-bond acceptors (Lipinski definition) is 4. The monoisotopic (exact) mass is 165 g/mol. The number of isocyanates is 1. The first kappa shape index (κ1) is 8.30. The van der Waals surface area contributed by atoms with Gasteiger partial charge in [-0.1, -0.05) is 6.07 Å². The zero-order valence-electron chi connectivity index (χ0n) is 6.44. The molecule has 4 heteroatoms. The summed E-state index contributed by atoms with van der Waals surface area (Å²) in [5.74, 6) is 0.134. The van der Waals surface area contributed by atoms with E-state index in [0.717, 1.165) is 0 Å². The fraction of sp³-hybridized carbons (Fsp3) is 0.125. The molecular weight excluding hydrogens is 158 g/mol. The molecule has 0 saturated heterocycles. The quantitative estimate of drug-likeness (QED) is 0.531. The minimum absolute atomic E-state index is 0.0472. The molecule has 0 aromatic heterocycles. The van der Waals surface area contributed by atoms with Crippen LogP contribution in [0.1, 0.15) is 0 Å². The number of aliphatic imine (C=N–C) groups is 1. The van der Waals surface area contributed by atoms with E-state index in [4.69, 9.17) is 4.74 Å². The van der Waals surface area contributed by atoms with Crippen molar-refractivity contribution in [3.8, 4) is 11.5 Å². The van der Waals surface area contributed by atoms with E-state index in [1.165, 1.54) is 19.3 Å². The largest absolute Gasteiger partial charge is 0.504 e. The van der Waals surface area contributed by atoms with Crippen molar-refractivity contribution in [2.45, 2.75) is 0 Å². The maximum Gasteiger partial charge on any atom is 0.240 e. The van der Waals surface area contributed by atoms with Crippen molar-refractivity contribution in [2.24, 2.45) is 4.99 Å². The molecule has 0 aliphatic heterocycles. The number of phenols is 1. The number of phenolic OH excluding ortho intramolecular Hbond substituents is 1. The average Bonchev–Trinajstić information content (AvgIpc) is 2.05. The number of methoxy groups -OCH3 is 1. The molecule has 0 aliphatic rings. The molecule has 1 N–H and O–H groups in total. The Balaban J connectivity index is 3.26. The SMILES string of the molecule is COc1c(O)cccc1N=C=O. The summed E-state index contributed by atoms with van der Waals surface area (Å²) < 4.78 is 4.81. The van der Waals surface area contributed by atoms with E-state index in [-0.39, 0.29) is 17.2 Å². The first-order chi connectivity index (χ1) is 5.79. The number of benzene rings is 1. The molecule has 0 saturated carbocycles. The summed E-state index contributed by atoms with van der Waals surface area (Å²) in [4.78, 5) is 13.3. The molecule has 0 aliphatic carbocycles. The molecule has 0 heterocycles. The third-order valence-corrected chi connectivity index (χ3v) is 1.34. The summed E-state index contributed by atoms with van der Waals surface area (Å²) in [5, 5.41) is 9.20. The minimum Gasteiger partial charge on any atom is -0.504 e. The first-order valence-electron chi connectivity index (χ1n) is 3.23. The van der Waals surface area contributed by atoms with Crippen LogP contribution >= 0.6 is 0 Å². The number of aromatic hydroxyl groups is 1. The maximum atomic E-state index is 9.92. The van der Waals surface area contributed by atoms with Crippen LogP contribution in [0.4, 0.5) is 5.69 Å². The number of rotatable bonds is 2. The van der Waals surface area contributed by atoms with Crippen LogP contribution in [0.5, 0.6) is 11.5 Å². The summed E-state index contributed by atoms with van der Waals surface area (Å²) in [5.41, 5.74) is 0.271. The molecule has 1 rings (SSSR count). The molecule has 0 fully saturated rings. The van der Waals surface area contributed by atoms with Gasteiger partial charge < -0.3 is 9.84 Å². The summed E-state index contributed by atoms with van der Waals surface area (Å²) in [6.45, 7) is 0. The van der Waals surface area contributed by atoms with E-state index in [0.29, 0.717) is 0 Å². The molecule has 0 bridgehead atoms. The van der Waals surface area contributed by atoms with E-state index in [9.17, 15) is 9.90 Å². The van der Waals surface area contributed by atoms with E-state index in [1.807, 2.05) is 0 Å². The zero-order valence-corrected chi connectivity index (χ0v) is 6.44. The maximum absolute atomic E-state index is 9.92. The molecule has 0 radical (unpaired) electrons. The lowest BCUT2D eigenvalue weighted by Gasteiger charge is -2.03. The Hall–Kier alpha value is -1.80. The van der Waals surface area contributed by atoms with Gasteiger partial charge >= 0.3 is 0 Å². The second-order valence-electron chi connectivity index (χ2n) is 2.03. The lowest BCUT2D eigenvalue weighted by Crippen LogP contribution is -1.83. The predicted octanol–water partition coefficient (Wildman–Crippen LogP) is 1.37. The Morgan fingerprint density at radius 2 is 2.33 bits per heavy atom. The highest BCUT2D eigenvalue weighted by Gasteiger charge is 2.05. The van der Waals surface area contributed by atoms with Gasteiger partial charge in [0, 0.05) is 0 Å². The van der Waals surface area contributed by atoms with Crippen LogP contribution in [0, 0.1) is 0 Å². The van der Waals surface area contributed by atoms with Crippen molar-refractivity contribution in [3.63, 3.8) is 0 Å². The second kappa shape index (κ2) is 3.55. The topological polar surface area (TPSA) is 58.9 Å². The lowest BCUT2D eigenvalue weighted by atomic mass is 10.3. The highest BCUT2D eigenvalue weighted by molar-refractivity contribution is 5.62. The molecular formula is C8H7NO3. The van der Waals surface area contributed by atoms with Gasteiger partial charge in [-0.05, 0) is 12.1 Å². The predicted molar refractivity (Wildman–Crippen MR) is 42.4 cm³/mol. The standard InChI is InChI=1S/C8H7NO3/c1-12-8-6(9-5-10)3-2-4-7(8)11/h2-4,11H,1H3. The van der Waals surface area contributed by atoms with Crippen LogP contribution in [0.2, 0.25) is 0 Å². The van der Waals surface area contributed by atoms with Gasteiger partial charge in [-0.2, -0.15) is 4.99 Å². The van der Waals surface area contributed by atoms with Crippen molar-refractivity contribution < 1.29 is 14.6 Å². The third kappa shape index (κ3) is 1.44. The Morgan fingerprint density at radius 3 is 2.92 bits per heavy atom. The van der Waals surface area contributed by atoms with Crippen LogP contribution in [0.3, 0.4) is 0 Å². The number of nitrogens with zero attached hydrogens (tertiary/aromatic N) is 1. The lowest BCUT2D eigenvalue weighted by molar-refractivity contribution is 0.375. The fourth-order valence-electron chi connectivity index (χ4n) is 0.859. The van der Waals surface area contributed by atoms with Crippen molar-refractivity contribution in [1.82, 2.24) is 0 Å². The van der Waals surface area contributed by atoms with Gasteiger partial charge in [-0.25, -0.2) is 4.79 Å². The smallest absolute Gasteiger partial charge is 0.240 e. The molecule has 0 atom stereocenters. The Bertz CT molecular complexity index is 329. The van der Waals surface area contributed by atoms with E-state index < -0.39 is 0 Å². The van der Waals surface area contributed by atoms with Gasteiger partial charge in [-0.15, -0.1) is 0 Å². The van der Waals surface area contributed by atoms with Crippen molar-refractivity contribution in [3.05, 3.63) is 18.2 Å². The van der Waals surface area contributed by atoms with E-state index >= 15 is 0 Å². The molecule has 0 unspecified atom stereocenters. The molecule has 0 spiro atoms. The zero-order chi connectivity index (χ0) is 8.97. The Labute approximate surface area is 69.1 Å². The third-order valence-electron chi connectivity index (χ3n) is 1.34. The normalized spacial score (nSPS) is 8.75. The van der Waals surface area contributed by atoms with Gasteiger partial charge in [0.05, 0.1) is 7.11 Å². The van der Waals surface area contributed by atoms with Gasteiger partial charge in [-0.3, -0.25) is 0 Å². The minimum atomic E-state index is -0.0472. The van der Waals surface area contributed by atoms with Gasteiger partial charge in [0.1, 0.15) is 5.69 Å². The van der Waals surface area contributed by atoms with E-state index in [2.05, 4.69) is 4.99 Å².